The normalized spacial score (nSPS) is 22.5. The summed E-state index contributed by atoms with van der Waals surface area (Å²) in [5.74, 6) is 0.117. The molecule has 2 aromatic rings. The molecule has 0 aliphatic heterocycles. The largest absolute Gasteiger partial charge is 0.324 e. The van der Waals surface area contributed by atoms with E-state index in [-0.39, 0.29) is 11.9 Å². The summed E-state index contributed by atoms with van der Waals surface area (Å²) in [5, 5.41) is 0. The van der Waals surface area contributed by atoms with Gasteiger partial charge in [0.15, 0.2) is 0 Å². The predicted octanol–water partition coefficient (Wildman–Crippen LogP) is 3.36. The van der Waals surface area contributed by atoms with Crippen molar-refractivity contribution in [2.24, 2.45) is 5.73 Å². The molecule has 0 saturated heterocycles. The van der Waals surface area contributed by atoms with Crippen molar-refractivity contribution >= 4 is 0 Å². The Kier molecular flexibility index (Phi) is 2.45. The molecule has 0 aromatic heterocycles. The Morgan fingerprint density at radius 2 is 1.59 bits per heavy atom. The summed E-state index contributed by atoms with van der Waals surface area (Å²) in [5.41, 5.74) is 9.78. The van der Waals surface area contributed by atoms with Gasteiger partial charge in [-0.2, -0.15) is 0 Å². The molecule has 17 heavy (non-hydrogen) atoms. The predicted molar refractivity (Wildman–Crippen MR) is 66.2 cm³/mol. The van der Waals surface area contributed by atoms with Crippen molar-refractivity contribution in [3.8, 4) is 0 Å². The second kappa shape index (κ2) is 3.97. The lowest BCUT2D eigenvalue weighted by molar-refractivity contribution is 0.623. The fourth-order valence-electron chi connectivity index (χ4n) is 2.68. The second-order valence-corrected chi connectivity index (χ2v) is 4.58. The Morgan fingerprint density at radius 3 is 2.29 bits per heavy atom. The SMILES string of the molecule is N[C@H]1C[C@H](c2ccc(F)cc2)c2ccccc21. The monoisotopic (exact) mass is 227 g/mol. The van der Waals surface area contributed by atoms with E-state index in [0.717, 1.165) is 12.0 Å². The molecule has 1 nitrogen and oxygen atoms in total. The summed E-state index contributed by atoms with van der Waals surface area (Å²) in [6.45, 7) is 0. The van der Waals surface area contributed by atoms with Gasteiger partial charge in [0.1, 0.15) is 5.82 Å². The lowest BCUT2D eigenvalue weighted by Crippen LogP contribution is -2.05. The summed E-state index contributed by atoms with van der Waals surface area (Å²) in [6.07, 6.45) is 0.908. The molecule has 1 aliphatic carbocycles. The number of benzene rings is 2. The summed E-state index contributed by atoms with van der Waals surface area (Å²) in [7, 11) is 0. The molecule has 0 heterocycles. The quantitative estimate of drug-likeness (QED) is 0.794. The minimum atomic E-state index is -0.190. The van der Waals surface area contributed by atoms with Crippen molar-refractivity contribution in [1.29, 1.82) is 0 Å². The summed E-state index contributed by atoms with van der Waals surface area (Å²) < 4.78 is 12.9. The highest BCUT2D eigenvalue weighted by Crippen LogP contribution is 2.42. The van der Waals surface area contributed by atoms with Crippen LogP contribution in [0.25, 0.3) is 0 Å². The van der Waals surface area contributed by atoms with E-state index in [9.17, 15) is 4.39 Å². The third kappa shape index (κ3) is 1.75. The van der Waals surface area contributed by atoms with Crippen LogP contribution in [0.4, 0.5) is 4.39 Å². The van der Waals surface area contributed by atoms with E-state index in [4.69, 9.17) is 5.73 Å². The molecule has 2 aromatic carbocycles. The van der Waals surface area contributed by atoms with Gasteiger partial charge in [0.2, 0.25) is 0 Å². The molecule has 86 valence electrons. The van der Waals surface area contributed by atoms with E-state index >= 15 is 0 Å². The zero-order chi connectivity index (χ0) is 11.8. The average Bonchev–Trinajstić information content (AvgIpc) is 2.69. The fraction of sp³-hybridized carbons (Fsp3) is 0.200. The van der Waals surface area contributed by atoms with Crippen LogP contribution in [-0.2, 0) is 0 Å². The fourth-order valence-corrected chi connectivity index (χ4v) is 2.68. The number of nitrogens with two attached hydrogens (primary N) is 1. The van der Waals surface area contributed by atoms with Crippen LogP contribution in [0.1, 0.15) is 35.1 Å². The minimum absolute atomic E-state index is 0.0984. The van der Waals surface area contributed by atoms with E-state index in [0.29, 0.717) is 5.92 Å². The Balaban J connectivity index is 2.04. The zero-order valence-corrected chi connectivity index (χ0v) is 9.44. The summed E-state index contributed by atoms with van der Waals surface area (Å²) in [6, 6.07) is 15.1. The molecule has 2 heteroatoms. The molecule has 0 fully saturated rings. The molecule has 3 rings (SSSR count). The Hall–Kier alpha value is -1.67. The Labute approximate surface area is 100 Å². The van der Waals surface area contributed by atoms with E-state index in [1.165, 1.54) is 23.3 Å². The van der Waals surface area contributed by atoms with E-state index in [2.05, 4.69) is 12.1 Å². The van der Waals surface area contributed by atoms with Gasteiger partial charge in [-0.1, -0.05) is 36.4 Å². The Morgan fingerprint density at radius 1 is 0.941 bits per heavy atom. The molecule has 0 bridgehead atoms. The standard InChI is InChI=1S/C15H14FN/c16-11-7-5-10(6-8-11)14-9-15(17)13-4-2-1-3-12(13)14/h1-8,14-15H,9,17H2/t14-,15+/m1/s1. The first-order chi connectivity index (χ1) is 8.25. The first-order valence-electron chi connectivity index (χ1n) is 5.85. The lowest BCUT2D eigenvalue weighted by Gasteiger charge is -2.11. The smallest absolute Gasteiger partial charge is 0.123 e. The van der Waals surface area contributed by atoms with Crippen molar-refractivity contribution in [3.63, 3.8) is 0 Å². The van der Waals surface area contributed by atoms with Gasteiger partial charge in [0, 0.05) is 12.0 Å². The van der Waals surface area contributed by atoms with Crippen LogP contribution in [0.2, 0.25) is 0 Å². The number of fused-ring (bicyclic) bond motifs is 1. The number of rotatable bonds is 1. The molecular weight excluding hydrogens is 213 g/mol. The first kappa shape index (κ1) is 10.5. The van der Waals surface area contributed by atoms with Gasteiger partial charge in [-0.25, -0.2) is 4.39 Å². The maximum absolute atomic E-state index is 12.9. The molecular formula is C15H14FN. The van der Waals surface area contributed by atoms with Crippen LogP contribution in [-0.4, -0.2) is 0 Å². The molecule has 2 N–H and O–H groups in total. The minimum Gasteiger partial charge on any atom is -0.324 e. The second-order valence-electron chi connectivity index (χ2n) is 4.58. The molecule has 0 amide bonds. The first-order valence-corrected chi connectivity index (χ1v) is 5.85. The third-order valence-electron chi connectivity index (χ3n) is 3.53. The topological polar surface area (TPSA) is 26.0 Å². The van der Waals surface area contributed by atoms with Crippen LogP contribution < -0.4 is 5.73 Å². The van der Waals surface area contributed by atoms with Crippen molar-refractivity contribution in [2.75, 3.05) is 0 Å². The van der Waals surface area contributed by atoms with Gasteiger partial charge >= 0.3 is 0 Å². The highest BCUT2D eigenvalue weighted by Gasteiger charge is 2.29. The van der Waals surface area contributed by atoms with Crippen molar-refractivity contribution in [3.05, 3.63) is 71.0 Å². The molecule has 0 radical (unpaired) electrons. The molecule has 0 saturated carbocycles. The van der Waals surface area contributed by atoms with E-state index in [1.54, 1.807) is 0 Å². The van der Waals surface area contributed by atoms with Crippen molar-refractivity contribution in [1.82, 2.24) is 0 Å². The van der Waals surface area contributed by atoms with Gasteiger partial charge in [-0.05, 0) is 35.2 Å². The molecule has 1 aliphatic rings. The number of hydrogen-bond donors (Lipinski definition) is 1. The van der Waals surface area contributed by atoms with Crippen LogP contribution in [0.3, 0.4) is 0 Å². The van der Waals surface area contributed by atoms with Crippen LogP contribution >= 0.6 is 0 Å². The molecule has 0 unspecified atom stereocenters. The van der Waals surface area contributed by atoms with Gasteiger partial charge in [-0.3, -0.25) is 0 Å². The van der Waals surface area contributed by atoms with Crippen LogP contribution in [0, 0.1) is 5.82 Å². The highest BCUT2D eigenvalue weighted by atomic mass is 19.1. The van der Waals surface area contributed by atoms with E-state index in [1.807, 2.05) is 24.3 Å². The van der Waals surface area contributed by atoms with Crippen molar-refractivity contribution in [2.45, 2.75) is 18.4 Å². The average molecular weight is 227 g/mol. The third-order valence-corrected chi connectivity index (χ3v) is 3.53. The number of halogens is 1. The van der Waals surface area contributed by atoms with Gasteiger partial charge in [0.25, 0.3) is 0 Å². The summed E-state index contributed by atoms with van der Waals surface area (Å²) in [4.78, 5) is 0. The molecule has 0 spiro atoms. The molecule has 2 atom stereocenters. The van der Waals surface area contributed by atoms with Gasteiger partial charge in [0.05, 0.1) is 0 Å². The van der Waals surface area contributed by atoms with Crippen LogP contribution in [0.5, 0.6) is 0 Å². The maximum Gasteiger partial charge on any atom is 0.123 e. The van der Waals surface area contributed by atoms with Gasteiger partial charge in [-0.15, -0.1) is 0 Å². The zero-order valence-electron chi connectivity index (χ0n) is 9.44. The highest BCUT2D eigenvalue weighted by molar-refractivity contribution is 5.44. The van der Waals surface area contributed by atoms with Gasteiger partial charge < -0.3 is 5.73 Å². The van der Waals surface area contributed by atoms with E-state index < -0.39 is 0 Å². The van der Waals surface area contributed by atoms with Crippen molar-refractivity contribution < 1.29 is 4.39 Å². The Bertz CT molecular complexity index is 533. The van der Waals surface area contributed by atoms with Crippen LogP contribution in [0.15, 0.2) is 48.5 Å². The lowest BCUT2D eigenvalue weighted by atomic mass is 9.93. The maximum atomic E-state index is 12.9. The summed E-state index contributed by atoms with van der Waals surface area (Å²) >= 11 is 0. The number of hydrogen-bond acceptors (Lipinski definition) is 1.